The highest BCUT2D eigenvalue weighted by Crippen LogP contribution is 2.38. The quantitative estimate of drug-likeness (QED) is 0.193. The summed E-state index contributed by atoms with van der Waals surface area (Å²) < 4.78 is 125. The minimum absolute atomic E-state index is 0. The molecule has 0 atom stereocenters. The van der Waals surface area contributed by atoms with E-state index in [0.29, 0.717) is 79.0 Å². The smallest absolute Gasteiger partial charge is 0.481 e. The van der Waals surface area contributed by atoms with Crippen LogP contribution in [0, 0.1) is 18.8 Å². The number of rotatable bonds is 11. The van der Waals surface area contributed by atoms with Gasteiger partial charge in [-0.25, -0.2) is 0 Å². The van der Waals surface area contributed by atoms with Gasteiger partial charge in [-0.2, -0.15) is 26.3 Å². The van der Waals surface area contributed by atoms with Crippen LogP contribution in [0.15, 0.2) is 54.6 Å². The van der Waals surface area contributed by atoms with Gasteiger partial charge in [-0.15, -0.1) is 25.6 Å². The Morgan fingerprint density at radius 2 is 1.47 bits per heavy atom. The number of anilines is 2. The highest BCUT2D eigenvalue weighted by molar-refractivity contribution is 5.85. The van der Waals surface area contributed by atoms with E-state index in [4.69, 9.17) is 0 Å². The summed E-state index contributed by atoms with van der Waals surface area (Å²) in [5.74, 6) is -1.55. The summed E-state index contributed by atoms with van der Waals surface area (Å²) in [7, 11) is 0. The topological polar surface area (TPSA) is 61.8 Å². The Labute approximate surface area is 283 Å². The van der Waals surface area contributed by atoms with E-state index in [2.05, 4.69) is 10.1 Å². The molecule has 0 unspecified atom stereocenters. The first-order chi connectivity index (χ1) is 22.3. The standard InChI is InChI=1S/C34H35F9N2O3.ClH/c1-3-45(19-21-5-7-23(8-6-21)31(46)47)30-11-9-28(48-34(41,42)43)16-25(30)18-44-29-10-4-20(2)12-24(29)13-22-14-26(32(35,36)37)17-27(15-22)33(38,39)40;/h4,9-12,14-17,21,23,44H,3,5-8,13,18-19H2,1-2H3,(H,46,47);1H. The Morgan fingerprint density at radius 1 is 0.857 bits per heavy atom. The molecule has 4 rings (SSSR count). The summed E-state index contributed by atoms with van der Waals surface area (Å²) in [6, 6.07) is 10.2. The Bertz CT molecular complexity index is 1550. The molecule has 5 nitrogen and oxygen atoms in total. The van der Waals surface area contributed by atoms with Crippen molar-refractivity contribution in [2.45, 2.75) is 71.2 Å². The van der Waals surface area contributed by atoms with Gasteiger partial charge < -0.3 is 20.1 Å². The summed E-state index contributed by atoms with van der Waals surface area (Å²) in [4.78, 5) is 13.4. The zero-order valence-electron chi connectivity index (χ0n) is 26.5. The molecule has 2 N–H and O–H groups in total. The van der Waals surface area contributed by atoms with Crippen LogP contribution in [0.4, 0.5) is 50.9 Å². The Morgan fingerprint density at radius 3 is 2.00 bits per heavy atom. The number of benzene rings is 3. The summed E-state index contributed by atoms with van der Waals surface area (Å²) in [6.07, 6.45) is -12.9. The second kappa shape index (κ2) is 15.8. The molecule has 1 aliphatic rings. The highest BCUT2D eigenvalue weighted by atomic mass is 35.5. The monoisotopic (exact) mass is 726 g/mol. The number of carbonyl (C=O) groups is 1. The van der Waals surface area contributed by atoms with Crippen molar-refractivity contribution in [1.29, 1.82) is 0 Å². The van der Waals surface area contributed by atoms with Crippen molar-refractivity contribution >= 4 is 29.8 Å². The fraction of sp³-hybridized carbons (Fsp3) is 0.441. The number of alkyl halides is 9. The van der Waals surface area contributed by atoms with Crippen LogP contribution in [0.2, 0.25) is 0 Å². The molecule has 0 bridgehead atoms. The second-order valence-electron chi connectivity index (χ2n) is 12.0. The zero-order chi connectivity index (χ0) is 35.4. The lowest BCUT2D eigenvalue weighted by Gasteiger charge is -2.33. The summed E-state index contributed by atoms with van der Waals surface area (Å²) >= 11 is 0. The van der Waals surface area contributed by atoms with Crippen LogP contribution in [0.5, 0.6) is 5.75 Å². The maximum Gasteiger partial charge on any atom is 0.573 e. The van der Waals surface area contributed by atoms with E-state index in [-0.39, 0.29) is 42.9 Å². The van der Waals surface area contributed by atoms with Gasteiger partial charge in [0.2, 0.25) is 0 Å². The van der Waals surface area contributed by atoms with Gasteiger partial charge in [0, 0.05) is 31.0 Å². The van der Waals surface area contributed by atoms with E-state index in [1.165, 1.54) is 18.2 Å². The Kier molecular flexibility index (Phi) is 12.8. The van der Waals surface area contributed by atoms with Crippen molar-refractivity contribution in [2.24, 2.45) is 11.8 Å². The Balaban J connectivity index is 0.00000650. The lowest BCUT2D eigenvalue weighted by Crippen LogP contribution is -2.33. The zero-order valence-corrected chi connectivity index (χ0v) is 27.3. The van der Waals surface area contributed by atoms with E-state index >= 15 is 0 Å². The summed E-state index contributed by atoms with van der Waals surface area (Å²) in [6.45, 7) is 4.54. The minimum atomic E-state index is -5.01. The largest absolute Gasteiger partial charge is 0.573 e. The van der Waals surface area contributed by atoms with E-state index in [1.807, 2.05) is 11.8 Å². The molecule has 0 aliphatic heterocycles. The molecular weight excluding hydrogens is 691 g/mol. The summed E-state index contributed by atoms with van der Waals surface area (Å²) in [5, 5.41) is 12.5. The molecule has 270 valence electrons. The molecule has 1 fully saturated rings. The molecule has 1 aliphatic carbocycles. The molecule has 1 saturated carbocycles. The van der Waals surface area contributed by atoms with Crippen LogP contribution >= 0.6 is 12.4 Å². The van der Waals surface area contributed by atoms with Gasteiger partial charge in [-0.3, -0.25) is 4.79 Å². The van der Waals surface area contributed by atoms with Gasteiger partial charge in [-0.1, -0.05) is 17.7 Å². The molecule has 49 heavy (non-hydrogen) atoms. The van der Waals surface area contributed by atoms with E-state index in [9.17, 15) is 49.4 Å². The van der Waals surface area contributed by atoms with Gasteiger partial charge in [-0.05, 0) is 111 Å². The van der Waals surface area contributed by atoms with E-state index < -0.39 is 47.5 Å². The number of aliphatic carboxylic acids is 1. The molecule has 0 spiro atoms. The van der Waals surface area contributed by atoms with Crippen molar-refractivity contribution in [3.63, 3.8) is 0 Å². The van der Waals surface area contributed by atoms with E-state index in [0.717, 1.165) is 0 Å². The van der Waals surface area contributed by atoms with Crippen molar-refractivity contribution in [3.05, 3.63) is 88.0 Å². The average Bonchev–Trinajstić information content (AvgIpc) is 2.98. The van der Waals surface area contributed by atoms with Crippen LogP contribution in [0.25, 0.3) is 0 Å². The van der Waals surface area contributed by atoms with Gasteiger partial charge in [0.1, 0.15) is 5.75 Å². The fourth-order valence-corrected chi connectivity index (χ4v) is 6.08. The lowest BCUT2D eigenvalue weighted by molar-refractivity contribution is -0.274. The van der Waals surface area contributed by atoms with Crippen LogP contribution in [0.1, 0.15) is 66.0 Å². The lowest BCUT2D eigenvalue weighted by atomic mass is 9.81. The second-order valence-corrected chi connectivity index (χ2v) is 12.0. The highest BCUT2D eigenvalue weighted by Gasteiger charge is 2.37. The molecule has 3 aromatic carbocycles. The van der Waals surface area contributed by atoms with Crippen molar-refractivity contribution < 1.29 is 54.2 Å². The van der Waals surface area contributed by atoms with Gasteiger partial charge >= 0.3 is 24.7 Å². The first-order valence-electron chi connectivity index (χ1n) is 15.3. The SMILES string of the molecule is CCN(CC1CCC(C(=O)O)CC1)c1ccc(OC(F)(F)F)cc1CNc1ccc(C)cc1Cc1cc(C(F)(F)F)cc(C(F)(F)F)c1.Cl. The number of hydrogen-bond donors (Lipinski definition) is 2. The summed E-state index contributed by atoms with van der Waals surface area (Å²) in [5.41, 5.74) is -0.641. The number of carboxylic acid groups (broad SMARTS) is 1. The van der Waals surface area contributed by atoms with E-state index in [1.54, 1.807) is 25.1 Å². The number of aryl methyl sites for hydroxylation is 1. The van der Waals surface area contributed by atoms with Crippen LogP contribution in [-0.2, 0) is 30.1 Å². The molecule has 15 heteroatoms. The molecule has 3 aromatic rings. The third-order valence-corrected chi connectivity index (χ3v) is 8.45. The Hall–Kier alpha value is -3.81. The van der Waals surface area contributed by atoms with Gasteiger partial charge in [0.05, 0.1) is 17.0 Å². The maximum absolute atomic E-state index is 13.5. The third kappa shape index (κ3) is 11.1. The molecule has 0 saturated heterocycles. The first kappa shape index (κ1) is 39.6. The molecule has 0 radical (unpaired) electrons. The van der Waals surface area contributed by atoms with Gasteiger partial charge in [0.25, 0.3) is 0 Å². The molecule has 0 aromatic heterocycles. The first-order valence-corrected chi connectivity index (χ1v) is 15.3. The maximum atomic E-state index is 13.5. The molecule has 0 amide bonds. The molecular formula is C34H36ClF9N2O3. The van der Waals surface area contributed by atoms with Crippen molar-refractivity contribution in [3.8, 4) is 5.75 Å². The number of nitrogens with zero attached hydrogens (tertiary/aromatic N) is 1. The predicted molar refractivity (Wildman–Crippen MR) is 169 cm³/mol. The average molecular weight is 727 g/mol. The molecule has 0 heterocycles. The van der Waals surface area contributed by atoms with Gasteiger partial charge in [0.15, 0.2) is 0 Å². The minimum Gasteiger partial charge on any atom is -0.481 e. The van der Waals surface area contributed by atoms with Crippen LogP contribution < -0.4 is 15.0 Å². The van der Waals surface area contributed by atoms with Crippen molar-refractivity contribution in [2.75, 3.05) is 23.3 Å². The number of ether oxygens (including phenoxy) is 1. The normalized spacial score (nSPS) is 16.9. The number of halogens is 10. The number of hydrogen-bond acceptors (Lipinski definition) is 4. The number of nitrogens with one attached hydrogen (secondary N) is 1. The number of carboxylic acids is 1. The predicted octanol–water partition coefficient (Wildman–Crippen LogP) is 10.3. The van der Waals surface area contributed by atoms with Crippen LogP contribution in [-0.4, -0.2) is 30.5 Å². The van der Waals surface area contributed by atoms with Crippen molar-refractivity contribution in [1.82, 2.24) is 0 Å². The fourth-order valence-electron chi connectivity index (χ4n) is 6.08. The van der Waals surface area contributed by atoms with Crippen LogP contribution in [0.3, 0.4) is 0 Å². The third-order valence-electron chi connectivity index (χ3n) is 8.45.